The van der Waals surface area contributed by atoms with Gasteiger partial charge in [0.2, 0.25) is 8.38 Å². The van der Waals surface area contributed by atoms with Crippen LogP contribution in [0.2, 0.25) is 0 Å². The third kappa shape index (κ3) is 11.2. The molecule has 0 bridgehead atoms. The van der Waals surface area contributed by atoms with E-state index in [2.05, 4.69) is 49.5 Å². The van der Waals surface area contributed by atoms with Crippen LogP contribution in [0.4, 0.5) is 0 Å². The summed E-state index contributed by atoms with van der Waals surface area (Å²) in [7, 11) is -1.26. The first kappa shape index (κ1) is 25.4. The fourth-order valence-electron chi connectivity index (χ4n) is 2.42. The standard InChI is InChI=1S/C23H36NO4P/c1-6-9-10-11-20(5)27-29(28-22(7-2)23(25)26-8-3)17-16-24-18-21-14-12-19(4)13-15-21/h9-15,22,24H,6-8,16-18H2,1-5H3/b10-9-,20-11+. The Hall–Kier alpha value is -1.68. The van der Waals surface area contributed by atoms with Crippen molar-refractivity contribution in [3.05, 3.63) is 59.4 Å². The lowest BCUT2D eigenvalue weighted by molar-refractivity contribution is -0.151. The van der Waals surface area contributed by atoms with Gasteiger partial charge >= 0.3 is 5.97 Å². The smallest absolute Gasteiger partial charge is 0.335 e. The average Bonchev–Trinajstić information content (AvgIpc) is 2.70. The first-order valence-electron chi connectivity index (χ1n) is 10.4. The largest absolute Gasteiger partial charge is 0.464 e. The van der Waals surface area contributed by atoms with E-state index in [1.807, 2.05) is 26.0 Å². The van der Waals surface area contributed by atoms with E-state index in [0.717, 1.165) is 25.3 Å². The molecule has 1 N–H and O–H groups in total. The van der Waals surface area contributed by atoms with Crippen LogP contribution in [0.25, 0.3) is 0 Å². The molecule has 0 amide bonds. The van der Waals surface area contributed by atoms with E-state index in [0.29, 0.717) is 19.2 Å². The molecule has 1 aromatic rings. The van der Waals surface area contributed by atoms with Gasteiger partial charge in [-0.25, -0.2) is 4.79 Å². The zero-order valence-electron chi connectivity index (χ0n) is 18.4. The van der Waals surface area contributed by atoms with Crippen molar-refractivity contribution >= 4 is 14.3 Å². The van der Waals surface area contributed by atoms with Crippen molar-refractivity contribution in [1.29, 1.82) is 0 Å². The van der Waals surface area contributed by atoms with Gasteiger partial charge in [-0.3, -0.25) is 0 Å². The zero-order valence-corrected chi connectivity index (χ0v) is 19.3. The Morgan fingerprint density at radius 2 is 1.93 bits per heavy atom. The minimum atomic E-state index is -1.26. The molecule has 162 valence electrons. The summed E-state index contributed by atoms with van der Waals surface area (Å²) in [6.45, 7) is 11.6. The second-order valence-corrected chi connectivity index (χ2v) is 8.18. The van der Waals surface area contributed by atoms with Crippen molar-refractivity contribution < 1.29 is 18.6 Å². The average molecular weight is 422 g/mol. The molecule has 0 saturated carbocycles. The van der Waals surface area contributed by atoms with E-state index < -0.39 is 14.5 Å². The molecule has 29 heavy (non-hydrogen) atoms. The molecule has 0 aliphatic carbocycles. The lowest BCUT2D eigenvalue weighted by atomic mass is 10.1. The van der Waals surface area contributed by atoms with Gasteiger partial charge in [0.1, 0.15) is 0 Å². The van der Waals surface area contributed by atoms with E-state index in [1.165, 1.54) is 11.1 Å². The van der Waals surface area contributed by atoms with Gasteiger partial charge in [-0.2, -0.15) is 0 Å². The Morgan fingerprint density at radius 1 is 1.21 bits per heavy atom. The number of aryl methyl sites for hydroxylation is 1. The highest BCUT2D eigenvalue weighted by atomic mass is 31.2. The molecule has 0 fully saturated rings. The van der Waals surface area contributed by atoms with Crippen LogP contribution in [0.1, 0.15) is 51.7 Å². The molecule has 1 rings (SSSR count). The van der Waals surface area contributed by atoms with Crippen molar-refractivity contribution in [2.75, 3.05) is 19.3 Å². The van der Waals surface area contributed by atoms with Gasteiger partial charge in [0.25, 0.3) is 0 Å². The summed E-state index contributed by atoms with van der Waals surface area (Å²) in [6.07, 6.45) is 7.56. The number of esters is 1. The van der Waals surface area contributed by atoms with E-state index in [1.54, 1.807) is 6.92 Å². The van der Waals surface area contributed by atoms with E-state index in [4.69, 9.17) is 13.8 Å². The first-order valence-corrected chi connectivity index (χ1v) is 11.7. The summed E-state index contributed by atoms with van der Waals surface area (Å²) >= 11 is 0. The quantitative estimate of drug-likeness (QED) is 0.138. The van der Waals surface area contributed by atoms with Gasteiger partial charge in [0, 0.05) is 19.3 Å². The van der Waals surface area contributed by atoms with Crippen LogP contribution in [-0.2, 0) is 25.1 Å². The Bertz CT molecular complexity index is 643. The number of nitrogens with one attached hydrogen (secondary N) is 1. The topological polar surface area (TPSA) is 56.8 Å². The monoisotopic (exact) mass is 421 g/mol. The zero-order chi connectivity index (χ0) is 21.5. The number of ether oxygens (including phenoxy) is 1. The second-order valence-electron chi connectivity index (χ2n) is 6.68. The van der Waals surface area contributed by atoms with Gasteiger partial charge < -0.3 is 19.1 Å². The normalized spacial score (nSPS) is 14.0. The minimum absolute atomic E-state index is 0.328. The van der Waals surface area contributed by atoms with Crippen LogP contribution in [0.15, 0.2) is 48.3 Å². The molecule has 2 atom stereocenters. The minimum Gasteiger partial charge on any atom is -0.464 e. The van der Waals surface area contributed by atoms with E-state index >= 15 is 0 Å². The highest BCUT2D eigenvalue weighted by molar-refractivity contribution is 7.47. The number of hydrogen-bond donors (Lipinski definition) is 1. The van der Waals surface area contributed by atoms with Crippen LogP contribution in [0, 0.1) is 6.92 Å². The maximum absolute atomic E-state index is 12.1. The Balaban J connectivity index is 2.64. The summed E-state index contributed by atoms with van der Waals surface area (Å²) < 4.78 is 17.2. The number of benzene rings is 1. The maximum Gasteiger partial charge on any atom is 0.335 e. The lowest BCUT2D eigenvalue weighted by Crippen LogP contribution is -2.26. The predicted octanol–water partition coefficient (Wildman–Crippen LogP) is 5.64. The summed E-state index contributed by atoms with van der Waals surface area (Å²) in [5.74, 6) is 0.448. The predicted molar refractivity (Wildman–Crippen MR) is 121 cm³/mol. The molecule has 5 nitrogen and oxygen atoms in total. The summed E-state index contributed by atoms with van der Waals surface area (Å²) in [5.41, 5.74) is 2.49. The molecule has 0 aromatic heterocycles. The van der Waals surface area contributed by atoms with Gasteiger partial charge in [-0.05, 0) is 45.3 Å². The van der Waals surface area contributed by atoms with Crippen LogP contribution in [0.3, 0.4) is 0 Å². The van der Waals surface area contributed by atoms with Crippen molar-refractivity contribution in [2.45, 2.75) is 60.1 Å². The van der Waals surface area contributed by atoms with Gasteiger partial charge in [0.05, 0.1) is 12.4 Å². The Morgan fingerprint density at radius 3 is 2.55 bits per heavy atom. The molecule has 0 aliphatic heterocycles. The SMILES string of the molecule is CC/C=C\C=C(/C)OP(CCNCc1ccc(C)cc1)OC(CC)C(=O)OCC. The number of hydrogen-bond acceptors (Lipinski definition) is 5. The molecule has 0 aliphatic rings. The third-order valence-corrected chi connectivity index (χ3v) is 5.60. The fraction of sp³-hybridized carbons (Fsp3) is 0.522. The van der Waals surface area contributed by atoms with Gasteiger partial charge in [0.15, 0.2) is 6.10 Å². The highest BCUT2D eigenvalue weighted by Crippen LogP contribution is 2.42. The molecule has 0 radical (unpaired) electrons. The molecule has 0 spiro atoms. The Labute approximate surface area is 177 Å². The van der Waals surface area contributed by atoms with Crippen molar-refractivity contribution in [3.63, 3.8) is 0 Å². The fourth-order valence-corrected chi connectivity index (χ4v) is 3.90. The molecule has 2 unspecified atom stereocenters. The third-order valence-electron chi connectivity index (χ3n) is 4.03. The molecule has 6 heteroatoms. The second kappa shape index (κ2) is 15.2. The number of carbonyl (C=O) groups is 1. The lowest BCUT2D eigenvalue weighted by Gasteiger charge is -2.23. The number of rotatable bonds is 14. The molecule has 0 heterocycles. The molecular weight excluding hydrogens is 385 g/mol. The van der Waals surface area contributed by atoms with Crippen molar-refractivity contribution in [3.8, 4) is 0 Å². The van der Waals surface area contributed by atoms with Crippen LogP contribution in [-0.4, -0.2) is 31.4 Å². The van der Waals surface area contributed by atoms with Crippen molar-refractivity contribution in [2.24, 2.45) is 0 Å². The summed E-state index contributed by atoms with van der Waals surface area (Å²) in [5, 5.41) is 3.43. The number of allylic oxidation sites excluding steroid dienone is 4. The van der Waals surface area contributed by atoms with E-state index in [9.17, 15) is 4.79 Å². The highest BCUT2D eigenvalue weighted by Gasteiger charge is 2.25. The summed E-state index contributed by atoms with van der Waals surface area (Å²) in [6, 6.07) is 8.47. The van der Waals surface area contributed by atoms with Gasteiger partial charge in [-0.15, -0.1) is 0 Å². The van der Waals surface area contributed by atoms with Crippen LogP contribution < -0.4 is 5.32 Å². The molecule has 1 aromatic carbocycles. The van der Waals surface area contributed by atoms with E-state index in [-0.39, 0.29) is 5.97 Å². The van der Waals surface area contributed by atoms with Crippen molar-refractivity contribution in [1.82, 2.24) is 5.32 Å². The maximum atomic E-state index is 12.1. The van der Waals surface area contributed by atoms with Crippen LogP contribution in [0.5, 0.6) is 0 Å². The van der Waals surface area contributed by atoms with Crippen LogP contribution >= 0.6 is 8.38 Å². The first-order chi connectivity index (χ1) is 14.0. The van der Waals surface area contributed by atoms with Gasteiger partial charge in [-0.1, -0.05) is 55.8 Å². The number of carbonyl (C=O) groups excluding carboxylic acids is 1. The molecule has 0 saturated heterocycles. The summed E-state index contributed by atoms with van der Waals surface area (Å²) in [4.78, 5) is 12.1. The Kier molecular flexibility index (Phi) is 13.3. The molecular formula is C23H36NO4P.